The third-order valence-electron chi connectivity index (χ3n) is 3.02. The van der Waals surface area contributed by atoms with Gasteiger partial charge >= 0.3 is 0 Å². The number of ether oxygens (including phenoxy) is 1. The lowest BCUT2D eigenvalue weighted by Gasteiger charge is -2.22. The van der Waals surface area contributed by atoms with E-state index in [-0.39, 0.29) is 11.3 Å². The highest BCUT2D eigenvalue weighted by Gasteiger charge is 2.23. The number of benzene rings is 1. The van der Waals surface area contributed by atoms with E-state index in [4.69, 9.17) is 10.5 Å². The van der Waals surface area contributed by atoms with Crippen molar-refractivity contribution in [2.45, 2.75) is 31.1 Å². The summed E-state index contributed by atoms with van der Waals surface area (Å²) in [7, 11) is 0.768. The lowest BCUT2D eigenvalue weighted by atomic mass is 10.0. The fourth-order valence-electron chi connectivity index (χ4n) is 1.99. The van der Waals surface area contributed by atoms with Gasteiger partial charge < -0.3 is 10.5 Å². The SMILES string of the molecule is CCC(C(N)c1ccccc1)S(=O)CCCOC. The maximum Gasteiger partial charge on any atom is 0.0538 e. The van der Waals surface area contributed by atoms with Crippen molar-refractivity contribution < 1.29 is 8.95 Å². The number of methoxy groups -OCH3 is 1. The average molecular weight is 269 g/mol. The molecule has 0 aliphatic rings. The van der Waals surface area contributed by atoms with Crippen molar-refractivity contribution in [1.82, 2.24) is 0 Å². The molecular formula is C14H23NO2S. The van der Waals surface area contributed by atoms with Crippen molar-refractivity contribution in [3.8, 4) is 0 Å². The van der Waals surface area contributed by atoms with E-state index >= 15 is 0 Å². The molecule has 102 valence electrons. The van der Waals surface area contributed by atoms with Crippen molar-refractivity contribution in [3.05, 3.63) is 35.9 Å². The molecule has 18 heavy (non-hydrogen) atoms. The van der Waals surface area contributed by atoms with Gasteiger partial charge in [0.1, 0.15) is 0 Å². The summed E-state index contributed by atoms with van der Waals surface area (Å²) >= 11 is 0. The first-order chi connectivity index (χ1) is 8.70. The highest BCUT2D eigenvalue weighted by Crippen LogP contribution is 2.21. The molecule has 3 nitrogen and oxygen atoms in total. The van der Waals surface area contributed by atoms with Gasteiger partial charge in [0, 0.05) is 36.3 Å². The Bertz CT molecular complexity index is 356. The van der Waals surface area contributed by atoms with Crippen LogP contribution in [0.15, 0.2) is 30.3 Å². The van der Waals surface area contributed by atoms with Crippen LogP contribution in [-0.2, 0) is 15.5 Å². The Morgan fingerprint density at radius 1 is 1.33 bits per heavy atom. The van der Waals surface area contributed by atoms with E-state index in [0.717, 1.165) is 18.4 Å². The molecule has 3 atom stereocenters. The van der Waals surface area contributed by atoms with Crippen LogP contribution in [0.1, 0.15) is 31.4 Å². The summed E-state index contributed by atoms with van der Waals surface area (Å²) < 4.78 is 17.2. The molecule has 0 aliphatic carbocycles. The summed E-state index contributed by atoms with van der Waals surface area (Å²) in [6, 6.07) is 9.75. The van der Waals surface area contributed by atoms with Crippen molar-refractivity contribution in [2.24, 2.45) is 5.73 Å². The standard InChI is InChI=1S/C14H23NO2S/c1-3-13(18(16)11-7-10-17-2)14(15)12-8-5-4-6-9-12/h4-6,8-9,13-14H,3,7,10-11,15H2,1-2H3. The maximum atomic E-state index is 12.2. The first-order valence-electron chi connectivity index (χ1n) is 6.37. The van der Waals surface area contributed by atoms with Gasteiger partial charge in [-0.05, 0) is 18.4 Å². The largest absolute Gasteiger partial charge is 0.385 e. The quantitative estimate of drug-likeness (QED) is 0.736. The van der Waals surface area contributed by atoms with Gasteiger partial charge in [0.15, 0.2) is 0 Å². The Labute approximate surface area is 112 Å². The van der Waals surface area contributed by atoms with Crippen LogP contribution in [0.3, 0.4) is 0 Å². The van der Waals surface area contributed by atoms with Gasteiger partial charge in [-0.15, -0.1) is 0 Å². The highest BCUT2D eigenvalue weighted by molar-refractivity contribution is 7.85. The number of hydrogen-bond donors (Lipinski definition) is 1. The van der Waals surface area contributed by atoms with Crippen LogP contribution < -0.4 is 5.73 Å². The molecule has 0 bridgehead atoms. The Morgan fingerprint density at radius 3 is 2.56 bits per heavy atom. The second-order valence-electron chi connectivity index (χ2n) is 4.31. The molecule has 0 fully saturated rings. The van der Waals surface area contributed by atoms with E-state index in [1.807, 2.05) is 37.3 Å². The van der Waals surface area contributed by atoms with Crippen molar-refractivity contribution in [3.63, 3.8) is 0 Å². The zero-order chi connectivity index (χ0) is 13.4. The lowest BCUT2D eigenvalue weighted by molar-refractivity contribution is 0.200. The average Bonchev–Trinajstić information content (AvgIpc) is 2.41. The smallest absolute Gasteiger partial charge is 0.0538 e. The number of hydrogen-bond acceptors (Lipinski definition) is 3. The Morgan fingerprint density at radius 2 is 2.00 bits per heavy atom. The number of nitrogens with two attached hydrogens (primary N) is 1. The minimum atomic E-state index is -0.895. The second-order valence-corrected chi connectivity index (χ2v) is 6.09. The van der Waals surface area contributed by atoms with Crippen LogP contribution in [0, 0.1) is 0 Å². The van der Waals surface area contributed by atoms with E-state index in [9.17, 15) is 4.21 Å². The zero-order valence-corrected chi connectivity index (χ0v) is 12.0. The molecule has 1 rings (SSSR count). The molecule has 1 aromatic rings. The molecule has 0 radical (unpaired) electrons. The Balaban J connectivity index is 2.62. The predicted molar refractivity (Wildman–Crippen MR) is 77.0 cm³/mol. The van der Waals surface area contributed by atoms with E-state index in [1.54, 1.807) is 7.11 Å². The third kappa shape index (κ3) is 4.52. The first kappa shape index (κ1) is 15.3. The van der Waals surface area contributed by atoms with Crippen molar-refractivity contribution in [1.29, 1.82) is 0 Å². The van der Waals surface area contributed by atoms with E-state index in [1.165, 1.54) is 0 Å². The van der Waals surface area contributed by atoms with Gasteiger partial charge in [0.25, 0.3) is 0 Å². The van der Waals surface area contributed by atoms with E-state index < -0.39 is 10.8 Å². The normalized spacial score (nSPS) is 16.2. The molecule has 3 unspecified atom stereocenters. The van der Waals surface area contributed by atoms with Gasteiger partial charge in [-0.2, -0.15) is 0 Å². The molecule has 0 heterocycles. The topological polar surface area (TPSA) is 52.3 Å². The molecule has 0 spiro atoms. The third-order valence-corrected chi connectivity index (χ3v) is 5.01. The summed E-state index contributed by atoms with van der Waals surface area (Å²) in [4.78, 5) is 0. The van der Waals surface area contributed by atoms with Gasteiger partial charge in [-0.3, -0.25) is 4.21 Å². The number of rotatable bonds is 8. The van der Waals surface area contributed by atoms with Crippen LogP contribution in [0.25, 0.3) is 0 Å². The fraction of sp³-hybridized carbons (Fsp3) is 0.571. The van der Waals surface area contributed by atoms with Crippen LogP contribution >= 0.6 is 0 Å². The van der Waals surface area contributed by atoms with Crippen molar-refractivity contribution in [2.75, 3.05) is 19.5 Å². The molecule has 4 heteroatoms. The molecule has 0 aliphatic heterocycles. The second kappa shape index (κ2) is 8.40. The summed E-state index contributed by atoms with van der Waals surface area (Å²) in [5, 5.41) is 0.0178. The maximum absolute atomic E-state index is 12.2. The molecule has 0 amide bonds. The molecule has 1 aromatic carbocycles. The Hall–Kier alpha value is -0.710. The van der Waals surface area contributed by atoms with E-state index in [2.05, 4.69) is 0 Å². The van der Waals surface area contributed by atoms with Crippen molar-refractivity contribution >= 4 is 10.8 Å². The summed E-state index contributed by atoms with van der Waals surface area (Å²) in [6.07, 6.45) is 1.65. The first-order valence-corrected chi connectivity index (χ1v) is 7.75. The molecule has 0 saturated carbocycles. The fourth-order valence-corrected chi connectivity index (χ4v) is 3.55. The van der Waals surface area contributed by atoms with Crippen LogP contribution in [-0.4, -0.2) is 28.9 Å². The molecule has 2 N–H and O–H groups in total. The van der Waals surface area contributed by atoms with Crippen LogP contribution in [0.5, 0.6) is 0 Å². The van der Waals surface area contributed by atoms with Crippen LogP contribution in [0.4, 0.5) is 0 Å². The Kier molecular flexibility index (Phi) is 7.16. The minimum Gasteiger partial charge on any atom is -0.385 e. The summed E-state index contributed by atoms with van der Waals surface area (Å²) in [5.74, 6) is 0.660. The predicted octanol–water partition coefficient (Wildman–Crippen LogP) is 2.25. The molecular weight excluding hydrogens is 246 g/mol. The minimum absolute atomic E-state index is 0.0178. The van der Waals surface area contributed by atoms with Crippen LogP contribution in [0.2, 0.25) is 0 Å². The zero-order valence-electron chi connectivity index (χ0n) is 11.2. The van der Waals surface area contributed by atoms with Gasteiger partial charge in [0.05, 0.1) is 5.25 Å². The summed E-state index contributed by atoms with van der Waals surface area (Å²) in [6.45, 7) is 2.70. The van der Waals surface area contributed by atoms with Gasteiger partial charge in [-0.25, -0.2) is 0 Å². The highest BCUT2D eigenvalue weighted by atomic mass is 32.2. The van der Waals surface area contributed by atoms with Gasteiger partial charge in [0.2, 0.25) is 0 Å². The monoisotopic (exact) mass is 269 g/mol. The van der Waals surface area contributed by atoms with E-state index in [0.29, 0.717) is 12.4 Å². The molecule has 0 saturated heterocycles. The molecule has 0 aromatic heterocycles. The lowest BCUT2D eigenvalue weighted by Crippen LogP contribution is -2.31. The van der Waals surface area contributed by atoms with Gasteiger partial charge in [-0.1, -0.05) is 37.3 Å². The summed E-state index contributed by atoms with van der Waals surface area (Å²) in [5.41, 5.74) is 7.29.